The van der Waals surface area contributed by atoms with Crippen molar-refractivity contribution in [2.45, 2.75) is 114 Å². The predicted octanol–water partition coefficient (Wildman–Crippen LogP) is 9.99. The van der Waals surface area contributed by atoms with Gasteiger partial charge in [-0.25, -0.2) is 22.4 Å². The first-order valence-electron chi connectivity index (χ1n) is 18.9. The molecule has 2 atom stereocenters. The molecule has 1 aliphatic heterocycles. The van der Waals surface area contributed by atoms with Gasteiger partial charge in [0.15, 0.2) is 0 Å². The number of carbonyl (C=O) groups is 1. The molecule has 1 saturated heterocycles. The molecule has 7 nitrogen and oxygen atoms in total. The zero-order valence-corrected chi connectivity index (χ0v) is 31.5. The largest absolute Gasteiger partial charge is 0.490 e. The number of benzene rings is 4. The van der Waals surface area contributed by atoms with E-state index in [1.165, 1.54) is 0 Å². The van der Waals surface area contributed by atoms with Crippen LogP contribution in [0.3, 0.4) is 0 Å². The number of hydrogen-bond donors (Lipinski definition) is 3. The summed E-state index contributed by atoms with van der Waals surface area (Å²) >= 11 is 0. The highest BCUT2D eigenvalue weighted by atomic mass is 19.3. The van der Waals surface area contributed by atoms with Crippen LogP contribution in [0.2, 0.25) is 0 Å². The van der Waals surface area contributed by atoms with E-state index in [4.69, 9.17) is 19.9 Å². The number of fused-ring (bicyclic) bond motifs is 2. The number of alkyl carbamates (subject to hydrolysis) is 1. The number of nitrogens with one attached hydrogen (secondary N) is 1. The average Bonchev–Trinajstić information content (AvgIpc) is 3.50. The minimum Gasteiger partial charge on any atom is -0.490 e. The van der Waals surface area contributed by atoms with Gasteiger partial charge in [-0.3, -0.25) is 0 Å². The molecule has 0 aromatic heterocycles. The van der Waals surface area contributed by atoms with E-state index in [1.54, 1.807) is 6.92 Å². The number of aliphatic hydroxyl groups is 1. The lowest BCUT2D eigenvalue weighted by Gasteiger charge is -2.32. The van der Waals surface area contributed by atoms with Gasteiger partial charge in [-0.05, 0) is 148 Å². The van der Waals surface area contributed by atoms with E-state index < -0.39 is 40.9 Å². The van der Waals surface area contributed by atoms with Gasteiger partial charge >= 0.3 is 6.09 Å². The molecule has 54 heavy (non-hydrogen) atoms. The van der Waals surface area contributed by atoms with Crippen LogP contribution in [0, 0.1) is 11.8 Å². The molecule has 11 heteroatoms. The second kappa shape index (κ2) is 15.6. The van der Waals surface area contributed by atoms with Crippen molar-refractivity contribution >= 4 is 27.6 Å². The number of ether oxygens (including phenoxy) is 3. The van der Waals surface area contributed by atoms with E-state index >= 15 is 0 Å². The maximum atomic E-state index is 13.5. The van der Waals surface area contributed by atoms with E-state index in [-0.39, 0.29) is 18.8 Å². The zero-order valence-electron chi connectivity index (χ0n) is 31.5. The molecular formula is C43H52F4N2O5. The van der Waals surface area contributed by atoms with Gasteiger partial charge in [0.1, 0.15) is 18.1 Å². The van der Waals surface area contributed by atoms with Gasteiger partial charge < -0.3 is 30.4 Å². The molecule has 0 radical (unpaired) electrons. The summed E-state index contributed by atoms with van der Waals surface area (Å²) in [5, 5.41) is 16.4. The number of alkyl halides is 4. The van der Waals surface area contributed by atoms with Crippen molar-refractivity contribution in [1.82, 2.24) is 5.32 Å². The van der Waals surface area contributed by atoms with Crippen LogP contribution in [0.5, 0.6) is 11.5 Å². The quantitative estimate of drug-likeness (QED) is 0.147. The lowest BCUT2D eigenvalue weighted by atomic mass is 9.84. The monoisotopic (exact) mass is 752 g/mol. The second-order valence-electron chi connectivity index (χ2n) is 16.2. The molecule has 292 valence electrons. The molecule has 7 rings (SSSR count). The summed E-state index contributed by atoms with van der Waals surface area (Å²) in [5.41, 5.74) is 6.65. The van der Waals surface area contributed by atoms with Crippen LogP contribution < -0.4 is 20.5 Å². The van der Waals surface area contributed by atoms with E-state index in [1.807, 2.05) is 79.7 Å². The summed E-state index contributed by atoms with van der Waals surface area (Å²) in [4.78, 5) is 11.4. The number of rotatable bonds is 9. The molecule has 3 fully saturated rings. The van der Waals surface area contributed by atoms with Crippen LogP contribution in [-0.4, -0.2) is 48.5 Å². The summed E-state index contributed by atoms with van der Waals surface area (Å²) in [6, 6.07) is 23.6. The molecule has 0 unspecified atom stereocenters. The van der Waals surface area contributed by atoms with E-state index in [0.717, 1.165) is 58.0 Å². The van der Waals surface area contributed by atoms with Crippen molar-refractivity contribution < 1.29 is 41.7 Å². The van der Waals surface area contributed by atoms with Crippen molar-refractivity contribution in [3.05, 3.63) is 83.9 Å². The molecule has 4 N–H and O–H groups in total. The van der Waals surface area contributed by atoms with Gasteiger partial charge in [0, 0.05) is 11.8 Å². The third-order valence-corrected chi connectivity index (χ3v) is 11.5. The van der Waals surface area contributed by atoms with Crippen LogP contribution >= 0.6 is 0 Å². The van der Waals surface area contributed by atoms with Crippen molar-refractivity contribution in [3.63, 3.8) is 0 Å². The highest BCUT2D eigenvalue weighted by Crippen LogP contribution is 2.39. The molecule has 1 heterocycles. The second-order valence-corrected chi connectivity index (χ2v) is 16.2. The highest BCUT2D eigenvalue weighted by Gasteiger charge is 2.39. The topological polar surface area (TPSA) is 103 Å². The fourth-order valence-corrected chi connectivity index (χ4v) is 7.81. The molecule has 1 amide bonds. The third-order valence-electron chi connectivity index (χ3n) is 11.5. The third kappa shape index (κ3) is 9.40. The van der Waals surface area contributed by atoms with Crippen LogP contribution in [-0.2, 0) is 15.8 Å². The lowest BCUT2D eigenvalue weighted by molar-refractivity contribution is -0.0637. The van der Waals surface area contributed by atoms with Crippen molar-refractivity contribution in [1.29, 1.82) is 0 Å². The smallest absolute Gasteiger partial charge is 0.408 e. The van der Waals surface area contributed by atoms with Gasteiger partial charge in [0.2, 0.25) is 11.8 Å². The molecule has 2 saturated carbocycles. The minimum atomic E-state index is -2.61. The number of amides is 1. The van der Waals surface area contributed by atoms with Crippen molar-refractivity contribution in [3.8, 4) is 11.5 Å². The summed E-state index contributed by atoms with van der Waals surface area (Å²) < 4.78 is 70.9. The standard InChI is InChI=1S/C22H25F2NO3.C21H27F2NO2/c1-21(13-27-20(26)25-21)17-5-3-15-12-19(8-4-14(15)11-17)28-18-9-6-16(7-10-18)22(2,23)24;1-20(24,13-25)17-5-3-15-12-19(8-4-14(15)11-17)26-18-9-6-16(7-10-18)21(2,22)23/h3-5,8,11-12,16,18H,6-7,9-10,13H2,1-2H3,(H,25,26);3-5,8,11-12,16,18,25H,6-7,9-10,13,24H2,1-2H3/t16-,18+,21-;16-,18-,20-/m00/s1. The Kier molecular flexibility index (Phi) is 11.4. The maximum absolute atomic E-state index is 13.5. The van der Waals surface area contributed by atoms with Crippen LogP contribution in [0.1, 0.15) is 90.2 Å². The highest BCUT2D eigenvalue weighted by molar-refractivity contribution is 5.86. The summed E-state index contributed by atoms with van der Waals surface area (Å²) in [6.07, 6.45) is 4.21. The Morgan fingerprint density at radius 1 is 0.722 bits per heavy atom. The predicted molar refractivity (Wildman–Crippen MR) is 202 cm³/mol. The Labute approximate surface area is 314 Å². The first-order chi connectivity index (χ1) is 25.4. The number of nitrogens with two attached hydrogens (primary N) is 1. The fraction of sp³-hybridized carbons (Fsp3) is 0.512. The first-order valence-corrected chi connectivity index (χ1v) is 18.9. The van der Waals surface area contributed by atoms with E-state index in [0.29, 0.717) is 58.0 Å². The number of hydrogen-bond acceptors (Lipinski definition) is 6. The molecule has 4 aromatic carbocycles. The van der Waals surface area contributed by atoms with Crippen molar-refractivity contribution in [2.75, 3.05) is 13.2 Å². The average molecular weight is 753 g/mol. The minimum absolute atomic E-state index is 0.00737. The summed E-state index contributed by atoms with van der Waals surface area (Å²) in [6.45, 7) is 5.94. The van der Waals surface area contributed by atoms with Crippen molar-refractivity contribution in [2.24, 2.45) is 17.6 Å². The Balaban J connectivity index is 0.000000185. The molecule has 4 aromatic rings. The maximum Gasteiger partial charge on any atom is 0.408 e. The van der Waals surface area contributed by atoms with Gasteiger partial charge in [-0.2, -0.15) is 0 Å². The van der Waals surface area contributed by atoms with Gasteiger partial charge in [0.25, 0.3) is 0 Å². The van der Waals surface area contributed by atoms with Gasteiger partial charge in [-0.15, -0.1) is 0 Å². The normalized spacial score (nSPS) is 25.9. The Bertz CT molecular complexity index is 1930. The number of halogens is 4. The van der Waals surface area contributed by atoms with Crippen LogP contribution in [0.25, 0.3) is 21.5 Å². The van der Waals surface area contributed by atoms with Crippen LogP contribution in [0.15, 0.2) is 72.8 Å². The number of cyclic esters (lactones) is 1. The van der Waals surface area contributed by atoms with E-state index in [9.17, 15) is 27.5 Å². The molecule has 0 bridgehead atoms. The van der Waals surface area contributed by atoms with Gasteiger partial charge in [0.05, 0.1) is 29.9 Å². The van der Waals surface area contributed by atoms with Gasteiger partial charge in [-0.1, -0.05) is 36.4 Å². The number of carbonyl (C=O) groups excluding carboxylic acids is 1. The summed E-state index contributed by atoms with van der Waals surface area (Å²) in [7, 11) is 0. The SMILES string of the molecule is CC(F)(F)[C@H]1CC[C@@H](Oc2ccc3cc([C@]4(C)COC(=O)N4)ccc3c2)CC1.CC(F)(F)[C@H]1CC[C@H](Oc2ccc3cc([C@@](C)(N)CO)ccc3c2)CC1. The van der Waals surface area contributed by atoms with Crippen LogP contribution in [0.4, 0.5) is 22.4 Å². The Morgan fingerprint density at radius 2 is 1.17 bits per heavy atom. The Morgan fingerprint density at radius 3 is 1.61 bits per heavy atom. The molecule has 2 aliphatic carbocycles. The Hall–Kier alpha value is -4.09. The molecule has 3 aliphatic rings. The molecule has 0 spiro atoms. The molecular weight excluding hydrogens is 700 g/mol. The summed E-state index contributed by atoms with van der Waals surface area (Å²) in [5.74, 6) is -4.76. The van der Waals surface area contributed by atoms with E-state index in [2.05, 4.69) is 5.32 Å². The first kappa shape index (κ1) is 39.6. The fourth-order valence-electron chi connectivity index (χ4n) is 7.81. The lowest BCUT2D eigenvalue weighted by Crippen LogP contribution is -2.37. The zero-order chi connectivity index (χ0) is 38.9. The number of aliphatic hydroxyl groups excluding tert-OH is 1.